The molecule has 5 rings (SSSR count). The van der Waals surface area contributed by atoms with Crippen LogP contribution < -0.4 is 9.47 Å². The lowest BCUT2D eigenvalue weighted by Gasteiger charge is -2.18. The lowest BCUT2D eigenvalue weighted by Crippen LogP contribution is -2.25. The maximum Gasteiger partial charge on any atom is 0.165 e. The molecule has 1 aliphatic heterocycles. The number of ether oxygens (including phenoxy) is 2. The number of hydrogen-bond donors (Lipinski definition) is 0. The van der Waals surface area contributed by atoms with Gasteiger partial charge in [-0.05, 0) is 60.2 Å². The van der Waals surface area contributed by atoms with Gasteiger partial charge in [0, 0.05) is 47.2 Å². The molecule has 0 bridgehead atoms. The molecule has 2 aromatic heterocycles. The summed E-state index contributed by atoms with van der Waals surface area (Å²) in [6.07, 6.45) is 3.63. The SMILES string of the molecule is COc1cc(-c2cccnc2)cc2c1OCCN(Cc1ccc(-c3ccc(Cl)cc3)o1)C2. The summed E-state index contributed by atoms with van der Waals surface area (Å²) in [5, 5.41) is 0.713. The average molecular weight is 447 g/mol. The summed E-state index contributed by atoms with van der Waals surface area (Å²) < 4.78 is 17.9. The second-order valence-electron chi connectivity index (χ2n) is 7.74. The molecule has 0 spiro atoms. The van der Waals surface area contributed by atoms with Crippen LogP contribution >= 0.6 is 11.6 Å². The van der Waals surface area contributed by atoms with E-state index in [2.05, 4.69) is 16.0 Å². The summed E-state index contributed by atoms with van der Waals surface area (Å²) in [5.41, 5.74) is 4.20. The van der Waals surface area contributed by atoms with E-state index in [1.807, 2.05) is 60.8 Å². The van der Waals surface area contributed by atoms with Crippen molar-refractivity contribution in [2.75, 3.05) is 20.3 Å². The molecule has 0 atom stereocenters. The Morgan fingerprint density at radius 1 is 1.03 bits per heavy atom. The van der Waals surface area contributed by atoms with Crippen molar-refractivity contribution in [1.29, 1.82) is 0 Å². The average Bonchev–Trinajstić information content (AvgIpc) is 3.19. The van der Waals surface area contributed by atoms with E-state index in [-0.39, 0.29) is 0 Å². The number of halogens is 1. The number of fused-ring (bicyclic) bond motifs is 1. The van der Waals surface area contributed by atoms with Crippen molar-refractivity contribution in [2.24, 2.45) is 0 Å². The van der Waals surface area contributed by atoms with Crippen LogP contribution in [0.1, 0.15) is 11.3 Å². The van der Waals surface area contributed by atoms with Gasteiger partial charge in [-0.2, -0.15) is 0 Å². The Hall–Kier alpha value is -3.28. The minimum atomic E-state index is 0.584. The van der Waals surface area contributed by atoms with Crippen LogP contribution in [-0.2, 0) is 13.1 Å². The Bertz CT molecular complexity index is 1210. The van der Waals surface area contributed by atoms with Crippen molar-refractivity contribution in [2.45, 2.75) is 13.1 Å². The normalized spacial score (nSPS) is 13.8. The van der Waals surface area contributed by atoms with E-state index < -0.39 is 0 Å². The van der Waals surface area contributed by atoms with Gasteiger partial charge in [-0.25, -0.2) is 0 Å². The standard InChI is InChI=1S/C26H23ClN2O3/c1-30-25-14-20(19-3-2-10-28-15-19)13-21-16-29(11-12-31-26(21)25)17-23-8-9-24(32-23)18-4-6-22(27)7-5-18/h2-10,13-15H,11-12,16-17H2,1H3. The third-order valence-electron chi connectivity index (χ3n) is 5.56. The number of benzene rings is 2. The Kier molecular flexibility index (Phi) is 5.84. The number of methoxy groups -OCH3 is 1. The number of pyridine rings is 1. The minimum Gasteiger partial charge on any atom is -0.493 e. The fourth-order valence-corrected chi connectivity index (χ4v) is 4.10. The summed E-state index contributed by atoms with van der Waals surface area (Å²) >= 11 is 6.00. The molecule has 3 heterocycles. The molecule has 2 aromatic carbocycles. The van der Waals surface area contributed by atoms with Crippen molar-refractivity contribution in [3.8, 4) is 33.9 Å². The highest BCUT2D eigenvalue weighted by Crippen LogP contribution is 2.38. The molecule has 0 unspecified atom stereocenters. The largest absolute Gasteiger partial charge is 0.493 e. The highest BCUT2D eigenvalue weighted by Gasteiger charge is 2.21. The van der Waals surface area contributed by atoms with Gasteiger partial charge in [0.05, 0.1) is 13.7 Å². The van der Waals surface area contributed by atoms with Gasteiger partial charge in [0.1, 0.15) is 18.1 Å². The van der Waals surface area contributed by atoms with Gasteiger partial charge in [-0.3, -0.25) is 9.88 Å². The van der Waals surface area contributed by atoms with Gasteiger partial charge in [0.2, 0.25) is 0 Å². The van der Waals surface area contributed by atoms with Crippen molar-refractivity contribution in [3.63, 3.8) is 0 Å². The van der Waals surface area contributed by atoms with Gasteiger partial charge in [0.15, 0.2) is 11.5 Å². The fraction of sp³-hybridized carbons (Fsp3) is 0.192. The molecule has 32 heavy (non-hydrogen) atoms. The zero-order valence-electron chi connectivity index (χ0n) is 17.8. The highest BCUT2D eigenvalue weighted by molar-refractivity contribution is 6.30. The molecule has 4 aromatic rings. The molecule has 1 aliphatic rings. The quantitative estimate of drug-likeness (QED) is 0.372. The van der Waals surface area contributed by atoms with Crippen molar-refractivity contribution < 1.29 is 13.9 Å². The van der Waals surface area contributed by atoms with E-state index in [4.69, 9.17) is 25.5 Å². The van der Waals surface area contributed by atoms with E-state index in [1.165, 1.54) is 0 Å². The first-order chi connectivity index (χ1) is 15.7. The van der Waals surface area contributed by atoms with E-state index in [9.17, 15) is 0 Å². The summed E-state index contributed by atoms with van der Waals surface area (Å²) in [4.78, 5) is 6.57. The number of rotatable bonds is 5. The highest BCUT2D eigenvalue weighted by atomic mass is 35.5. The first-order valence-electron chi connectivity index (χ1n) is 10.5. The maximum absolute atomic E-state index is 6.12. The lowest BCUT2D eigenvalue weighted by atomic mass is 10.0. The van der Waals surface area contributed by atoms with Crippen LogP contribution in [0.4, 0.5) is 0 Å². The molecule has 0 aliphatic carbocycles. The predicted octanol–water partition coefficient (Wildman–Crippen LogP) is 6.07. The first-order valence-corrected chi connectivity index (χ1v) is 10.9. The van der Waals surface area contributed by atoms with Gasteiger partial charge >= 0.3 is 0 Å². The second kappa shape index (κ2) is 9.07. The Morgan fingerprint density at radius 2 is 1.91 bits per heavy atom. The van der Waals surface area contributed by atoms with Crippen LogP contribution in [0.5, 0.6) is 11.5 Å². The number of aromatic nitrogens is 1. The van der Waals surface area contributed by atoms with Crippen LogP contribution in [-0.4, -0.2) is 30.1 Å². The Morgan fingerprint density at radius 3 is 2.69 bits per heavy atom. The van der Waals surface area contributed by atoms with E-state index >= 15 is 0 Å². The van der Waals surface area contributed by atoms with E-state index in [1.54, 1.807) is 13.3 Å². The van der Waals surface area contributed by atoms with Gasteiger partial charge in [0.25, 0.3) is 0 Å². The molecule has 6 heteroatoms. The molecule has 0 N–H and O–H groups in total. The second-order valence-corrected chi connectivity index (χ2v) is 8.18. The monoisotopic (exact) mass is 446 g/mol. The maximum atomic E-state index is 6.12. The predicted molar refractivity (Wildman–Crippen MR) is 125 cm³/mol. The first kappa shape index (κ1) is 20.6. The molecule has 162 valence electrons. The van der Waals surface area contributed by atoms with Gasteiger partial charge in [-0.1, -0.05) is 17.7 Å². The molecule has 0 fully saturated rings. The smallest absolute Gasteiger partial charge is 0.165 e. The van der Waals surface area contributed by atoms with E-state index in [0.717, 1.165) is 58.4 Å². The summed E-state index contributed by atoms with van der Waals surface area (Å²) in [6.45, 7) is 2.80. The molecular formula is C26H23ClN2O3. The van der Waals surface area contributed by atoms with Crippen molar-refractivity contribution in [1.82, 2.24) is 9.88 Å². The van der Waals surface area contributed by atoms with Crippen molar-refractivity contribution >= 4 is 11.6 Å². The van der Waals surface area contributed by atoms with Gasteiger partial charge < -0.3 is 13.9 Å². The zero-order valence-corrected chi connectivity index (χ0v) is 18.5. The Balaban J connectivity index is 1.39. The zero-order chi connectivity index (χ0) is 21.9. The van der Waals surface area contributed by atoms with Crippen LogP contribution in [0.15, 0.2) is 77.5 Å². The third-order valence-corrected chi connectivity index (χ3v) is 5.82. The van der Waals surface area contributed by atoms with Crippen LogP contribution in [0.2, 0.25) is 5.02 Å². The summed E-state index contributed by atoms with van der Waals surface area (Å²) in [5.74, 6) is 3.30. The van der Waals surface area contributed by atoms with Crippen LogP contribution in [0.3, 0.4) is 0 Å². The molecule has 0 saturated carbocycles. The van der Waals surface area contributed by atoms with Gasteiger partial charge in [-0.15, -0.1) is 0 Å². The molecule has 0 amide bonds. The van der Waals surface area contributed by atoms with Crippen LogP contribution in [0.25, 0.3) is 22.5 Å². The topological polar surface area (TPSA) is 47.7 Å². The van der Waals surface area contributed by atoms with E-state index in [0.29, 0.717) is 18.2 Å². The minimum absolute atomic E-state index is 0.584. The molecule has 0 radical (unpaired) electrons. The number of furan rings is 1. The molecular weight excluding hydrogens is 424 g/mol. The van der Waals surface area contributed by atoms with Crippen molar-refractivity contribution in [3.05, 3.63) is 89.4 Å². The fourth-order valence-electron chi connectivity index (χ4n) is 3.98. The third kappa shape index (κ3) is 4.35. The lowest BCUT2D eigenvalue weighted by molar-refractivity contribution is 0.205. The Labute approximate surface area is 192 Å². The number of nitrogens with zero attached hydrogens (tertiary/aromatic N) is 2. The number of hydrogen-bond acceptors (Lipinski definition) is 5. The molecule has 5 nitrogen and oxygen atoms in total. The summed E-state index contributed by atoms with van der Waals surface area (Å²) in [6, 6.07) is 19.9. The molecule has 0 saturated heterocycles. The summed E-state index contributed by atoms with van der Waals surface area (Å²) in [7, 11) is 1.68. The van der Waals surface area contributed by atoms with Crippen LogP contribution in [0, 0.1) is 0 Å².